The zero-order chi connectivity index (χ0) is 14.7. The number of fused-ring (bicyclic) bond motifs is 1. The van der Waals surface area contributed by atoms with Crippen LogP contribution in [0.5, 0.6) is 0 Å². The van der Waals surface area contributed by atoms with E-state index in [4.69, 9.17) is 4.74 Å². The van der Waals surface area contributed by atoms with E-state index in [1.165, 1.54) is 17.5 Å². The molecular weight excluding hydrogens is 260 g/mol. The fourth-order valence-electron chi connectivity index (χ4n) is 3.23. The maximum Gasteiger partial charge on any atom is 0.0998 e. The Morgan fingerprint density at radius 2 is 2.05 bits per heavy atom. The van der Waals surface area contributed by atoms with E-state index in [9.17, 15) is 5.26 Å². The van der Waals surface area contributed by atoms with Crippen LogP contribution in [0.1, 0.15) is 18.4 Å². The first kappa shape index (κ1) is 13.9. The van der Waals surface area contributed by atoms with Crippen LogP contribution in [0.2, 0.25) is 0 Å². The van der Waals surface area contributed by atoms with Crippen molar-refractivity contribution in [3.8, 4) is 6.07 Å². The van der Waals surface area contributed by atoms with E-state index in [-0.39, 0.29) is 0 Å². The van der Waals surface area contributed by atoms with E-state index in [2.05, 4.69) is 23.1 Å². The summed E-state index contributed by atoms with van der Waals surface area (Å²) in [7, 11) is 1.76. The number of nitrogens with zero attached hydrogens (tertiary/aromatic N) is 2. The second-order valence-electron chi connectivity index (χ2n) is 5.67. The van der Waals surface area contributed by atoms with E-state index in [0.717, 1.165) is 37.1 Å². The second kappa shape index (κ2) is 6.15. The van der Waals surface area contributed by atoms with Crippen LogP contribution < -0.4 is 4.90 Å². The smallest absolute Gasteiger partial charge is 0.0998 e. The van der Waals surface area contributed by atoms with Gasteiger partial charge in [0.05, 0.1) is 11.6 Å². The molecule has 0 spiro atoms. The molecule has 0 amide bonds. The SMILES string of the molecule is COCCC1CCN(c2ccc(C#N)c3ccccc23)C1. The monoisotopic (exact) mass is 280 g/mol. The van der Waals surface area contributed by atoms with Crippen molar-refractivity contribution in [3.05, 3.63) is 42.0 Å². The highest BCUT2D eigenvalue weighted by molar-refractivity contribution is 5.97. The highest BCUT2D eigenvalue weighted by Crippen LogP contribution is 2.33. The molecule has 1 saturated heterocycles. The number of methoxy groups -OCH3 is 1. The molecule has 2 aromatic rings. The molecule has 1 aliphatic heterocycles. The molecule has 0 saturated carbocycles. The molecule has 1 heterocycles. The van der Waals surface area contributed by atoms with Gasteiger partial charge in [0.2, 0.25) is 0 Å². The number of hydrogen-bond donors (Lipinski definition) is 0. The first-order valence-electron chi connectivity index (χ1n) is 7.49. The summed E-state index contributed by atoms with van der Waals surface area (Å²) in [5.74, 6) is 0.708. The minimum Gasteiger partial charge on any atom is -0.385 e. The Kier molecular flexibility index (Phi) is 4.08. The normalized spacial score (nSPS) is 18.1. The molecule has 0 N–H and O–H groups in total. The quantitative estimate of drug-likeness (QED) is 0.859. The van der Waals surface area contributed by atoms with Crippen molar-refractivity contribution in [2.24, 2.45) is 5.92 Å². The summed E-state index contributed by atoms with van der Waals surface area (Å²) in [6.45, 7) is 3.01. The maximum absolute atomic E-state index is 9.25. The summed E-state index contributed by atoms with van der Waals surface area (Å²) in [5.41, 5.74) is 2.01. The molecule has 0 aromatic heterocycles. The number of nitriles is 1. The Morgan fingerprint density at radius 3 is 2.81 bits per heavy atom. The van der Waals surface area contributed by atoms with Crippen molar-refractivity contribution < 1.29 is 4.74 Å². The van der Waals surface area contributed by atoms with Gasteiger partial charge in [-0.05, 0) is 30.9 Å². The molecular formula is C18H20N2O. The Bertz CT molecular complexity index is 674. The summed E-state index contributed by atoms with van der Waals surface area (Å²) in [6.07, 6.45) is 2.35. The molecule has 0 radical (unpaired) electrons. The largest absolute Gasteiger partial charge is 0.385 e. The Hall–Kier alpha value is -2.05. The Balaban J connectivity index is 1.90. The van der Waals surface area contributed by atoms with Gasteiger partial charge in [0.15, 0.2) is 0 Å². The van der Waals surface area contributed by atoms with Crippen LogP contribution in [-0.2, 0) is 4.74 Å². The predicted molar refractivity (Wildman–Crippen MR) is 85.5 cm³/mol. The highest BCUT2D eigenvalue weighted by Gasteiger charge is 2.23. The third-order valence-corrected chi connectivity index (χ3v) is 4.38. The van der Waals surface area contributed by atoms with Gasteiger partial charge < -0.3 is 9.64 Å². The lowest BCUT2D eigenvalue weighted by molar-refractivity contribution is 0.180. The van der Waals surface area contributed by atoms with Crippen LogP contribution >= 0.6 is 0 Å². The van der Waals surface area contributed by atoms with Crippen LogP contribution in [0.3, 0.4) is 0 Å². The van der Waals surface area contributed by atoms with Crippen LogP contribution in [0.25, 0.3) is 10.8 Å². The van der Waals surface area contributed by atoms with E-state index >= 15 is 0 Å². The molecule has 1 atom stereocenters. The van der Waals surface area contributed by atoms with Crippen LogP contribution in [0.4, 0.5) is 5.69 Å². The van der Waals surface area contributed by atoms with Gasteiger partial charge in [-0.1, -0.05) is 24.3 Å². The highest BCUT2D eigenvalue weighted by atomic mass is 16.5. The van der Waals surface area contributed by atoms with Crippen molar-refractivity contribution in [2.75, 3.05) is 31.7 Å². The van der Waals surface area contributed by atoms with Gasteiger partial charge in [-0.2, -0.15) is 5.26 Å². The second-order valence-corrected chi connectivity index (χ2v) is 5.67. The van der Waals surface area contributed by atoms with Gasteiger partial charge in [-0.25, -0.2) is 0 Å². The first-order valence-corrected chi connectivity index (χ1v) is 7.49. The zero-order valence-corrected chi connectivity index (χ0v) is 12.4. The van der Waals surface area contributed by atoms with Crippen LogP contribution in [0.15, 0.2) is 36.4 Å². The number of benzene rings is 2. The molecule has 1 aliphatic rings. The van der Waals surface area contributed by atoms with Gasteiger partial charge >= 0.3 is 0 Å². The fraction of sp³-hybridized carbons (Fsp3) is 0.389. The molecule has 1 unspecified atom stereocenters. The number of hydrogen-bond acceptors (Lipinski definition) is 3. The third-order valence-electron chi connectivity index (χ3n) is 4.38. The Morgan fingerprint density at radius 1 is 1.24 bits per heavy atom. The summed E-state index contributed by atoms with van der Waals surface area (Å²) in [6, 6.07) is 14.5. The average molecular weight is 280 g/mol. The van der Waals surface area contributed by atoms with Crippen LogP contribution in [-0.4, -0.2) is 26.8 Å². The summed E-state index contributed by atoms with van der Waals surface area (Å²) in [5, 5.41) is 11.5. The molecule has 3 nitrogen and oxygen atoms in total. The lowest BCUT2D eigenvalue weighted by Crippen LogP contribution is -2.20. The minimum atomic E-state index is 0.708. The van der Waals surface area contributed by atoms with Crippen molar-refractivity contribution >= 4 is 16.5 Å². The molecule has 3 heteroatoms. The molecule has 108 valence electrons. The minimum absolute atomic E-state index is 0.708. The molecule has 3 rings (SSSR count). The summed E-state index contributed by atoms with van der Waals surface area (Å²) in [4.78, 5) is 2.45. The standard InChI is InChI=1S/C18H20N2O/c1-21-11-9-14-8-10-20(13-14)18-7-6-15(12-19)16-4-2-3-5-17(16)18/h2-7,14H,8-11,13H2,1H3. The van der Waals surface area contributed by atoms with Crippen molar-refractivity contribution in [1.29, 1.82) is 5.26 Å². The average Bonchev–Trinajstić information content (AvgIpc) is 3.00. The molecule has 0 bridgehead atoms. The van der Waals surface area contributed by atoms with E-state index in [1.807, 2.05) is 24.3 Å². The number of ether oxygens (including phenoxy) is 1. The Labute approximate surface area is 125 Å². The van der Waals surface area contributed by atoms with Crippen molar-refractivity contribution in [3.63, 3.8) is 0 Å². The lowest BCUT2D eigenvalue weighted by atomic mass is 10.0. The van der Waals surface area contributed by atoms with Crippen LogP contribution in [0, 0.1) is 17.2 Å². The van der Waals surface area contributed by atoms with Gasteiger partial charge in [-0.15, -0.1) is 0 Å². The van der Waals surface area contributed by atoms with Crippen molar-refractivity contribution in [2.45, 2.75) is 12.8 Å². The maximum atomic E-state index is 9.25. The van der Waals surface area contributed by atoms with Crippen molar-refractivity contribution in [1.82, 2.24) is 0 Å². The zero-order valence-electron chi connectivity index (χ0n) is 12.4. The van der Waals surface area contributed by atoms with Gasteiger partial charge in [0.1, 0.15) is 0 Å². The lowest BCUT2D eigenvalue weighted by Gasteiger charge is -2.21. The summed E-state index contributed by atoms with van der Waals surface area (Å²) >= 11 is 0. The topological polar surface area (TPSA) is 36.3 Å². The summed E-state index contributed by atoms with van der Waals surface area (Å²) < 4.78 is 5.19. The third kappa shape index (κ3) is 2.72. The first-order chi connectivity index (χ1) is 10.3. The van der Waals surface area contributed by atoms with E-state index in [1.54, 1.807) is 7.11 Å². The molecule has 1 fully saturated rings. The number of anilines is 1. The van der Waals surface area contributed by atoms with Gasteiger partial charge in [-0.3, -0.25) is 0 Å². The van der Waals surface area contributed by atoms with E-state index < -0.39 is 0 Å². The number of rotatable bonds is 4. The van der Waals surface area contributed by atoms with E-state index in [0.29, 0.717) is 5.92 Å². The van der Waals surface area contributed by atoms with Gasteiger partial charge in [0, 0.05) is 43.3 Å². The predicted octanol–water partition coefficient (Wildman–Crippen LogP) is 3.57. The molecule has 0 aliphatic carbocycles. The van der Waals surface area contributed by atoms with Gasteiger partial charge in [0.25, 0.3) is 0 Å². The fourth-order valence-corrected chi connectivity index (χ4v) is 3.23. The molecule has 2 aromatic carbocycles. The molecule has 21 heavy (non-hydrogen) atoms.